The molecule has 0 fully saturated rings. The Hall–Kier alpha value is -3.31. The fourth-order valence-corrected chi connectivity index (χ4v) is 3.53. The molecular weight excluding hydrogens is 360 g/mol. The number of pyridine rings is 1. The third-order valence-corrected chi connectivity index (χ3v) is 4.96. The number of halogens is 1. The lowest BCUT2D eigenvalue weighted by Crippen LogP contribution is -2.18. The van der Waals surface area contributed by atoms with E-state index in [1.165, 1.54) is 0 Å². The zero-order chi connectivity index (χ0) is 18.4. The first-order valence-corrected chi connectivity index (χ1v) is 8.98. The Labute approximate surface area is 159 Å². The van der Waals surface area contributed by atoms with Gasteiger partial charge in [-0.15, -0.1) is 0 Å². The van der Waals surface area contributed by atoms with Crippen molar-refractivity contribution in [1.82, 2.24) is 19.2 Å². The van der Waals surface area contributed by atoms with E-state index in [1.807, 2.05) is 77.3 Å². The van der Waals surface area contributed by atoms with Gasteiger partial charge in [0, 0.05) is 16.8 Å². The fraction of sp³-hybridized carbons (Fsp3) is 0.0476. The van der Waals surface area contributed by atoms with E-state index in [9.17, 15) is 4.79 Å². The summed E-state index contributed by atoms with van der Waals surface area (Å²) >= 11 is 6.04. The van der Waals surface area contributed by atoms with Crippen molar-refractivity contribution in [3.8, 4) is 11.3 Å². The van der Waals surface area contributed by atoms with Crippen LogP contribution in [0.3, 0.4) is 0 Å². The molecule has 5 nitrogen and oxygen atoms in total. The zero-order valence-corrected chi connectivity index (χ0v) is 15.0. The summed E-state index contributed by atoms with van der Waals surface area (Å²) < 4.78 is 3.64. The molecule has 0 bridgehead atoms. The van der Waals surface area contributed by atoms with Gasteiger partial charge in [0.2, 0.25) is 0 Å². The van der Waals surface area contributed by atoms with Crippen LogP contribution >= 0.6 is 11.6 Å². The second kappa shape index (κ2) is 6.14. The number of nitrogens with one attached hydrogen (secondary N) is 1. The van der Waals surface area contributed by atoms with Gasteiger partial charge in [-0.05, 0) is 36.4 Å². The van der Waals surface area contributed by atoms with Crippen LogP contribution in [0, 0.1) is 0 Å². The van der Waals surface area contributed by atoms with E-state index < -0.39 is 0 Å². The Morgan fingerprint density at radius 3 is 2.56 bits per heavy atom. The van der Waals surface area contributed by atoms with Crippen LogP contribution in [0.1, 0.15) is 5.69 Å². The molecule has 5 rings (SSSR count). The quantitative estimate of drug-likeness (QED) is 0.510. The lowest BCUT2D eigenvalue weighted by Gasteiger charge is -2.06. The lowest BCUT2D eigenvalue weighted by atomic mass is 10.1. The Kier molecular flexibility index (Phi) is 3.62. The molecule has 5 aromatic rings. The molecule has 0 atom stereocenters. The van der Waals surface area contributed by atoms with Crippen molar-refractivity contribution in [2.24, 2.45) is 0 Å². The molecule has 6 heteroatoms. The zero-order valence-electron chi connectivity index (χ0n) is 14.3. The normalized spacial score (nSPS) is 11.4. The van der Waals surface area contributed by atoms with Gasteiger partial charge in [0.15, 0.2) is 0 Å². The molecule has 132 valence electrons. The van der Waals surface area contributed by atoms with Gasteiger partial charge in [0.25, 0.3) is 5.56 Å². The second-order valence-electron chi connectivity index (χ2n) is 6.39. The number of nitrogens with zero attached hydrogens (tertiary/aromatic N) is 3. The molecule has 0 unspecified atom stereocenters. The smallest absolute Gasteiger partial charge is 0.274 e. The van der Waals surface area contributed by atoms with E-state index in [0.717, 1.165) is 28.1 Å². The Bertz CT molecular complexity index is 1330. The van der Waals surface area contributed by atoms with Gasteiger partial charge < -0.3 is 4.40 Å². The first kappa shape index (κ1) is 15.9. The van der Waals surface area contributed by atoms with Crippen molar-refractivity contribution in [2.75, 3.05) is 0 Å². The SMILES string of the molecule is O=c1c2ccccc2[nH]n1Cc1c(-c2ccc(Cl)cc2)nc2ccccn12. The van der Waals surface area contributed by atoms with Crippen molar-refractivity contribution >= 4 is 28.2 Å². The van der Waals surface area contributed by atoms with Crippen LogP contribution in [0.4, 0.5) is 0 Å². The maximum absolute atomic E-state index is 12.8. The first-order valence-electron chi connectivity index (χ1n) is 8.60. The molecule has 27 heavy (non-hydrogen) atoms. The minimum Gasteiger partial charge on any atom is -0.302 e. The number of imidazole rings is 1. The summed E-state index contributed by atoms with van der Waals surface area (Å²) in [6, 6.07) is 21.0. The summed E-state index contributed by atoms with van der Waals surface area (Å²) in [4.78, 5) is 17.6. The maximum Gasteiger partial charge on any atom is 0.274 e. The summed E-state index contributed by atoms with van der Waals surface area (Å²) in [6.45, 7) is 0.386. The largest absolute Gasteiger partial charge is 0.302 e. The third-order valence-electron chi connectivity index (χ3n) is 4.71. The maximum atomic E-state index is 12.8. The number of rotatable bonds is 3. The topological polar surface area (TPSA) is 55.1 Å². The van der Waals surface area contributed by atoms with Crippen LogP contribution in [0.25, 0.3) is 27.8 Å². The van der Waals surface area contributed by atoms with Crippen molar-refractivity contribution in [3.05, 3.63) is 94.0 Å². The first-order chi connectivity index (χ1) is 13.2. The molecule has 0 aliphatic heterocycles. The molecule has 3 heterocycles. The highest BCUT2D eigenvalue weighted by Gasteiger charge is 2.16. The number of benzene rings is 2. The molecule has 0 aliphatic carbocycles. The van der Waals surface area contributed by atoms with Gasteiger partial charge in [-0.3, -0.25) is 9.89 Å². The molecule has 0 radical (unpaired) electrons. The predicted octanol–water partition coefficient (Wildman–Crippen LogP) is 4.35. The Morgan fingerprint density at radius 1 is 0.963 bits per heavy atom. The highest BCUT2D eigenvalue weighted by molar-refractivity contribution is 6.30. The van der Waals surface area contributed by atoms with E-state index in [0.29, 0.717) is 17.0 Å². The number of hydrogen-bond donors (Lipinski definition) is 1. The molecule has 3 aromatic heterocycles. The molecule has 0 saturated carbocycles. The second-order valence-corrected chi connectivity index (χ2v) is 6.83. The highest BCUT2D eigenvalue weighted by Crippen LogP contribution is 2.26. The summed E-state index contributed by atoms with van der Waals surface area (Å²) in [7, 11) is 0. The summed E-state index contributed by atoms with van der Waals surface area (Å²) in [5.74, 6) is 0. The highest BCUT2D eigenvalue weighted by atomic mass is 35.5. The van der Waals surface area contributed by atoms with E-state index in [2.05, 4.69) is 5.10 Å². The van der Waals surface area contributed by atoms with Crippen molar-refractivity contribution in [3.63, 3.8) is 0 Å². The third kappa shape index (κ3) is 2.64. The van der Waals surface area contributed by atoms with E-state index in [4.69, 9.17) is 16.6 Å². The Morgan fingerprint density at radius 2 is 1.74 bits per heavy atom. The van der Waals surface area contributed by atoms with Crippen LogP contribution in [0.2, 0.25) is 5.02 Å². The van der Waals surface area contributed by atoms with Crippen LogP contribution in [-0.4, -0.2) is 19.2 Å². The van der Waals surface area contributed by atoms with E-state index in [-0.39, 0.29) is 5.56 Å². The molecule has 0 spiro atoms. The summed E-state index contributed by atoms with van der Waals surface area (Å²) in [5, 5.41) is 4.55. The molecule has 0 aliphatic rings. The summed E-state index contributed by atoms with van der Waals surface area (Å²) in [6.07, 6.45) is 1.96. The number of H-pyrrole nitrogens is 1. The predicted molar refractivity (Wildman–Crippen MR) is 107 cm³/mol. The van der Waals surface area contributed by atoms with Gasteiger partial charge in [-0.2, -0.15) is 0 Å². The monoisotopic (exact) mass is 374 g/mol. The van der Waals surface area contributed by atoms with Gasteiger partial charge in [-0.1, -0.05) is 41.9 Å². The van der Waals surface area contributed by atoms with Crippen LogP contribution in [0.15, 0.2) is 77.7 Å². The minimum atomic E-state index is -0.0430. The minimum absolute atomic E-state index is 0.0430. The fourth-order valence-electron chi connectivity index (χ4n) is 3.41. The standard InChI is InChI=1S/C21H15ClN4O/c22-15-10-8-14(9-11-15)20-18(25-12-4-3-7-19(25)23-20)13-26-21(27)16-5-1-2-6-17(16)24-26/h1-12,24H,13H2. The van der Waals surface area contributed by atoms with E-state index in [1.54, 1.807) is 4.68 Å². The van der Waals surface area contributed by atoms with Gasteiger partial charge in [0.1, 0.15) is 5.65 Å². The number of fused-ring (bicyclic) bond motifs is 2. The molecular formula is C21H15ClN4O. The molecule has 0 amide bonds. The molecule has 2 aromatic carbocycles. The van der Waals surface area contributed by atoms with E-state index >= 15 is 0 Å². The summed E-state index contributed by atoms with van der Waals surface area (Å²) in [5.41, 5.74) is 4.34. The lowest BCUT2D eigenvalue weighted by molar-refractivity contribution is 0.656. The van der Waals surface area contributed by atoms with Crippen molar-refractivity contribution in [2.45, 2.75) is 6.54 Å². The van der Waals surface area contributed by atoms with Crippen LogP contribution < -0.4 is 5.56 Å². The Balaban J connectivity index is 1.71. The average molecular weight is 375 g/mol. The number of para-hydroxylation sites is 1. The van der Waals surface area contributed by atoms with Crippen LogP contribution in [-0.2, 0) is 6.54 Å². The number of aromatic nitrogens is 4. The van der Waals surface area contributed by atoms with Gasteiger partial charge in [-0.25, -0.2) is 9.67 Å². The number of hydrogen-bond acceptors (Lipinski definition) is 2. The number of aromatic amines is 1. The average Bonchev–Trinajstić information content (AvgIpc) is 3.22. The van der Waals surface area contributed by atoms with Crippen LogP contribution in [0.5, 0.6) is 0 Å². The molecule has 1 N–H and O–H groups in total. The van der Waals surface area contributed by atoms with Gasteiger partial charge >= 0.3 is 0 Å². The van der Waals surface area contributed by atoms with Crippen molar-refractivity contribution < 1.29 is 0 Å². The van der Waals surface area contributed by atoms with Crippen molar-refractivity contribution in [1.29, 1.82) is 0 Å². The molecule has 0 saturated heterocycles. The van der Waals surface area contributed by atoms with Gasteiger partial charge in [0.05, 0.1) is 28.8 Å².